The molecule has 5 rings (SSSR count). The maximum absolute atomic E-state index is 13.6. The Morgan fingerprint density at radius 3 is 2.59 bits per heavy atom. The summed E-state index contributed by atoms with van der Waals surface area (Å²) >= 11 is 0. The zero-order valence-corrected chi connectivity index (χ0v) is 17.5. The lowest BCUT2D eigenvalue weighted by molar-refractivity contribution is -0.152. The van der Waals surface area contributed by atoms with Gasteiger partial charge in [0.25, 0.3) is 0 Å². The Labute approximate surface area is 186 Å². The first-order valence-electron chi connectivity index (χ1n) is 10.7. The van der Waals surface area contributed by atoms with E-state index in [2.05, 4.69) is 34.9 Å². The van der Waals surface area contributed by atoms with Gasteiger partial charge in [0, 0.05) is 18.7 Å². The highest BCUT2D eigenvalue weighted by Crippen LogP contribution is 2.27. The van der Waals surface area contributed by atoms with Crippen LogP contribution in [0.1, 0.15) is 11.1 Å². The van der Waals surface area contributed by atoms with Crippen molar-refractivity contribution in [2.75, 3.05) is 18.4 Å². The quantitative estimate of drug-likeness (QED) is 0.590. The summed E-state index contributed by atoms with van der Waals surface area (Å²) in [5.41, 5.74) is 2.72. The minimum Gasteiger partial charge on any atom is -0.333 e. The Balaban J connectivity index is 1.42. The molecule has 0 aliphatic carbocycles. The molecule has 0 radical (unpaired) electrons. The summed E-state index contributed by atoms with van der Waals surface area (Å²) in [5.74, 6) is -0.0845. The molecule has 2 atom stereocenters. The zero-order chi connectivity index (χ0) is 22.1. The fraction of sp³-hybridized carbons (Fsp3) is 0.240. The van der Waals surface area contributed by atoms with Crippen LogP contribution in [0.25, 0.3) is 10.8 Å². The third-order valence-electron chi connectivity index (χ3n) is 6.29. The van der Waals surface area contributed by atoms with Crippen molar-refractivity contribution in [1.29, 1.82) is 0 Å². The molecule has 0 spiro atoms. The second-order valence-corrected chi connectivity index (χ2v) is 8.23. The number of anilines is 1. The molecule has 3 aromatic rings. The van der Waals surface area contributed by atoms with E-state index in [1.165, 1.54) is 0 Å². The maximum atomic E-state index is 13.6. The predicted molar refractivity (Wildman–Crippen MR) is 122 cm³/mol. The topological polar surface area (TPSA) is 81.8 Å². The molecule has 0 unspecified atom stereocenters. The monoisotopic (exact) mass is 428 g/mol. The van der Waals surface area contributed by atoms with Crippen LogP contribution in [0.2, 0.25) is 0 Å². The van der Waals surface area contributed by atoms with Crippen LogP contribution in [-0.2, 0) is 27.3 Å². The summed E-state index contributed by atoms with van der Waals surface area (Å²) in [6, 6.07) is 21.1. The standard InChI is InChI=1S/C25H24N4O3/c30-16-27-20-10-8-17(9-11-20)12-22-25(32)28(15-23-26-13-24(31)29(22)23)14-19-6-3-5-18-4-1-2-7-21(18)19/h1-11,16,22-23,26H,12-15H2,(H,27,30)/t22-,23+/m0/s1. The summed E-state index contributed by atoms with van der Waals surface area (Å²) in [6.45, 7) is 1.21. The third-order valence-corrected chi connectivity index (χ3v) is 6.29. The average molecular weight is 428 g/mol. The van der Waals surface area contributed by atoms with Crippen LogP contribution in [0.5, 0.6) is 0 Å². The van der Waals surface area contributed by atoms with E-state index in [0.717, 1.165) is 21.9 Å². The molecular weight excluding hydrogens is 404 g/mol. The van der Waals surface area contributed by atoms with Crippen molar-refractivity contribution < 1.29 is 14.4 Å². The number of carbonyl (C=O) groups is 3. The molecule has 0 bridgehead atoms. The summed E-state index contributed by atoms with van der Waals surface area (Å²) in [4.78, 5) is 40.4. The van der Waals surface area contributed by atoms with E-state index < -0.39 is 6.04 Å². The summed E-state index contributed by atoms with van der Waals surface area (Å²) in [7, 11) is 0. The number of benzene rings is 3. The van der Waals surface area contributed by atoms with Crippen LogP contribution in [0.15, 0.2) is 66.7 Å². The van der Waals surface area contributed by atoms with Crippen LogP contribution in [0.3, 0.4) is 0 Å². The SMILES string of the molecule is O=CNc1ccc(C[C@H]2C(=O)N(Cc3cccc4ccccc34)C[C@@H]3NCC(=O)N32)cc1. The number of hydrogen-bond acceptors (Lipinski definition) is 4. The predicted octanol–water partition coefficient (Wildman–Crippen LogP) is 2.12. The lowest BCUT2D eigenvalue weighted by Gasteiger charge is -2.42. The fourth-order valence-electron chi connectivity index (χ4n) is 4.73. The maximum Gasteiger partial charge on any atom is 0.246 e. The van der Waals surface area contributed by atoms with E-state index in [9.17, 15) is 14.4 Å². The Hall–Kier alpha value is -3.71. The lowest BCUT2D eigenvalue weighted by Crippen LogP contribution is -2.63. The first-order valence-corrected chi connectivity index (χ1v) is 10.7. The molecular formula is C25H24N4O3. The smallest absolute Gasteiger partial charge is 0.246 e. The number of nitrogens with one attached hydrogen (secondary N) is 2. The van der Waals surface area contributed by atoms with Crippen molar-refractivity contribution in [3.63, 3.8) is 0 Å². The molecule has 32 heavy (non-hydrogen) atoms. The van der Waals surface area contributed by atoms with Gasteiger partial charge in [0.2, 0.25) is 18.2 Å². The number of amides is 3. The zero-order valence-electron chi connectivity index (χ0n) is 17.5. The van der Waals surface area contributed by atoms with Gasteiger partial charge in [-0.15, -0.1) is 0 Å². The van der Waals surface area contributed by atoms with Gasteiger partial charge in [-0.05, 0) is 34.0 Å². The lowest BCUT2D eigenvalue weighted by atomic mass is 9.99. The highest BCUT2D eigenvalue weighted by atomic mass is 16.2. The summed E-state index contributed by atoms with van der Waals surface area (Å²) in [6.07, 6.45) is 0.872. The van der Waals surface area contributed by atoms with Gasteiger partial charge in [-0.2, -0.15) is 0 Å². The van der Waals surface area contributed by atoms with E-state index in [-0.39, 0.29) is 24.5 Å². The molecule has 0 aromatic heterocycles. The Morgan fingerprint density at radius 1 is 1.00 bits per heavy atom. The normalized spacial score (nSPS) is 20.5. The van der Waals surface area contributed by atoms with Gasteiger partial charge in [0.05, 0.1) is 13.1 Å². The van der Waals surface area contributed by atoms with E-state index in [0.29, 0.717) is 31.6 Å². The third kappa shape index (κ3) is 3.71. The Bertz CT molecular complexity index is 1170. The number of rotatable bonds is 6. The van der Waals surface area contributed by atoms with Gasteiger partial charge in [0.1, 0.15) is 12.2 Å². The van der Waals surface area contributed by atoms with Crippen molar-refractivity contribution in [3.8, 4) is 0 Å². The molecule has 7 heteroatoms. The minimum atomic E-state index is -0.559. The average Bonchev–Trinajstić information content (AvgIpc) is 3.18. The number of carbonyl (C=O) groups excluding carboxylic acids is 3. The second kappa shape index (κ2) is 8.43. The van der Waals surface area contributed by atoms with Crippen molar-refractivity contribution >= 4 is 34.7 Å². The summed E-state index contributed by atoms with van der Waals surface area (Å²) < 4.78 is 0. The minimum absolute atomic E-state index is 0.0404. The highest BCUT2D eigenvalue weighted by Gasteiger charge is 2.46. The first kappa shape index (κ1) is 20.2. The van der Waals surface area contributed by atoms with E-state index >= 15 is 0 Å². The van der Waals surface area contributed by atoms with Gasteiger partial charge in [-0.1, -0.05) is 54.6 Å². The van der Waals surface area contributed by atoms with Gasteiger partial charge in [0.15, 0.2) is 0 Å². The second-order valence-electron chi connectivity index (χ2n) is 8.23. The fourth-order valence-corrected chi connectivity index (χ4v) is 4.73. The number of fused-ring (bicyclic) bond motifs is 2. The Kier molecular flexibility index (Phi) is 5.33. The van der Waals surface area contributed by atoms with Gasteiger partial charge < -0.3 is 15.1 Å². The van der Waals surface area contributed by atoms with Crippen LogP contribution in [0, 0.1) is 0 Å². The number of nitrogens with zero attached hydrogens (tertiary/aromatic N) is 2. The van der Waals surface area contributed by atoms with E-state index in [1.807, 2.05) is 35.2 Å². The molecule has 2 saturated heterocycles. The van der Waals surface area contributed by atoms with Crippen LogP contribution in [0.4, 0.5) is 5.69 Å². The van der Waals surface area contributed by atoms with Gasteiger partial charge >= 0.3 is 0 Å². The first-order chi connectivity index (χ1) is 15.6. The number of piperazine rings is 1. The molecule has 3 amide bonds. The Morgan fingerprint density at radius 2 is 1.78 bits per heavy atom. The van der Waals surface area contributed by atoms with Gasteiger partial charge in [-0.3, -0.25) is 19.7 Å². The largest absolute Gasteiger partial charge is 0.333 e. The van der Waals surface area contributed by atoms with Crippen LogP contribution < -0.4 is 10.6 Å². The van der Waals surface area contributed by atoms with Crippen LogP contribution in [-0.4, -0.2) is 53.3 Å². The molecule has 162 valence electrons. The van der Waals surface area contributed by atoms with Gasteiger partial charge in [-0.25, -0.2) is 0 Å². The van der Waals surface area contributed by atoms with Crippen LogP contribution >= 0.6 is 0 Å². The molecule has 2 N–H and O–H groups in total. The molecule has 3 aromatic carbocycles. The number of hydrogen-bond donors (Lipinski definition) is 2. The van der Waals surface area contributed by atoms with Crippen molar-refractivity contribution in [1.82, 2.24) is 15.1 Å². The molecule has 2 heterocycles. The summed E-state index contributed by atoms with van der Waals surface area (Å²) in [5, 5.41) is 8.15. The molecule has 0 saturated carbocycles. The molecule has 7 nitrogen and oxygen atoms in total. The molecule has 2 aliphatic heterocycles. The van der Waals surface area contributed by atoms with Crippen molar-refractivity contribution in [2.45, 2.75) is 25.2 Å². The van der Waals surface area contributed by atoms with E-state index in [1.54, 1.807) is 17.0 Å². The molecule has 2 aliphatic rings. The highest BCUT2D eigenvalue weighted by molar-refractivity contribution is 5.92. The van der Waals surface area contributed by atoms with Crippen molar-refractivity contribution in [2.24, 2.45) is 0 Å². The molecule has 2 fully saturated rings. The van der Waals surface area contributed by atoms with E-state index in [4.69, 9.17) is 0 Å². The van der Waals surface area contributed by atoms with Crippen molar-refractivity contribution in [3.05, 3.63) is 77.9 Å².